The SMILES string of the molecule is O=C(O)c1cc(C(O)CO)c(O)[nH]1. The molecule has 1 unspecified atom stereocenters. The molecule has 0 saturated carbocycles. The number of H-pyrrole nitrogens is 1. The van der Waals surface area contributed by atoms with Crippen LogP contribution in [0.5, 0.6) is 5.88 Å². The zero-order valence-corrected chi connectivity index (χ0v) is 6.56. The third kappa shape index (κ3) is 1.79. The van der Waals surface area contributed by atoms with Gasteiger partial charge >= 0.3 is 5.97 Å². The topological polar surface area (TPSA) is 114 Å². The molecule has 1 aromatic rings. The van der Waals surface area contributed by atoms with Crippen molar-refractivity contribution in [3.05, 3.63) is 17.3 Å². The Kier molecular flexibility index (Phi) is 2.54. The van der Waals surface area contributed by atoms with Crippen molar-refractivity contribution in [2.75, 3.05) is 6.61 Å². The van der Waals surface area contributed by atoms with Gasteiger partial charge in [-0.15, -0.1) is 0 Å². The highest BCUT2D eigenvalue weighted by atomic mass is 16.4. The van der Waals surface area contributed by atoms with Crippen molar-refractivity contribution < 1.29 is 25.2 Å². The molecule has 0 bridgehead atoms. The summed E-state index contributed by atoms with van der Waals surface area (Å²) in [5, 5.41) is 35.2. The Bertz CT molecular complexity index is 319. The molecule has 0 saturated heterocycles. The van der Waals surface area contributed by atoms with Gasteiger partial charge in [0.15, 0.2) is 5.88 Å². The molecule has 72 valence electrons. The average molecular weight is 187 g/mol. The van der Waals surface area contributed by atoms with E-state index in [0.29, 0.717) is 0 Å². The third-order valence-electron chi connectivity index (χ3n) is 1.59. The van der Waals surface area contributed by atoms with Crippen LogP contribution in [0.15, 0.2) is 6.07 Å². The molecule has 1 heterocycles. The Balaban J connectivity index is 3.02. The molecule has 0 radical (unpaired) electrons. The van der Waals surface area contributed by atoms with Crippen LogP contribution in [0.1, 0.15) is 22.2 Å². The molecule has 0 amide bonds. The van der Waals surface area contributed by atoms with Crippen LogP contribution in [0.2, 0.25) is 0 Å². The zero-order chi connectivity index (χ0) is 10.0. The average Bonchev–Trinajstić information content (AvgIpc) is 2.46. The van der Waals surface area contributed by atoms with Gasteiger partial charge in [0.05, 0.1) is 6.61 Å². The van der Waals surface area contributed by atoms with Crippen LogP contribution in [0.3, 0.4) is 0 Å². The van der Waals surface area contributed by atoms with Crippen LogP contribution < -0.4 is 0 Å². The van der Waals surface area contributed by atoms with E-state index in [-0.39, 0.29) is 11.3 Å². The number of aliphatic hydroxyl groups is 2. The highest BCUT2D eigenvalue weighted by molar-refractivity contribution is 5.86. The Morgan fingerprint density at radius 3 is 2.62 bits per heavy atom. The summed E-state index contributed by atoms with van der Waals surface area (Å²) in [6.07, 6.45) is -1.27. The fraction of sp³-hybridized carbons (Fsp3) is 0.286. The molecule has 0 fully saturated rings. The molecule has 0 aromatic carbocycles. The van der Waals surface area contributed by atoms with Crippen molar-refractivity contribution in [3.8, 4) is 5.88 Å². The normalized spacial score (nSPS) is 12.8. The van der Waals surface area contributed by atoms with Crippen molar-refractivity contribution in [2.45, 2.75) is 6.10 Å². The maximum Gasteiger partial charge on any atom is 0.352 e. The van der Waals surface area contributed by atoms with Crippen LogP contribution in [0.25, 0.3) is 0 Å². The monoisotopic (exact) mass is 187 g/mol. The van der Waals surface area contributed by atoms with Gasteiger partial charge in [-0.3, -0.25) is 0 Å². The van der Waals surface area contributed by atoms with E-state index < -0.39 is 24.6 Å². The number of aromatic carboxylic acids is 1. The molecule has 1 rings (SSSR count). The second-order valence-corrected chi connectivity index (χ2v) is 2.49. The summed E-state index contributed by atoms with van der Waals surface area (Å²) in [7, 11) is 0. The van der Waals surface area contributed by atoms with E-state index in [4.69, 9.17) is 20.4 Å². The Hall–Kier alpha value is -1.53. The predicted octanol–water partition coefficient (Wildman–Crippen LogP) is -0.556. The second kappa shape index (κ2) is 3.46. The van der Waals surface area contributed by atoms with Gasteiger partial charge in [-0.1, -0.05) is 0 Å². The molecule has 6 nitrogen and oxygen atoms in total. The first-order valence-electron chi connectivity index (χ1n) is 3.50. The molecular formula is C7H9NO5. The number of hydrogen-bond donors (Lipinski definition) is 5. The minimum absolute atomic E-state index is 0.0279. The summed E-state index contributed by atoms with van der Waals surface area (Å²) >= 11 is 0. The summed E-state index contributed by atoms with van der Waals surface area (Å²) in [5.41, 5.74) is -0.264. The predicted molar refractivity (Wildman–Crippen MR) is 41.5 cm³/mol. The number of aromatic amines is 1. The number of carboxylic acids is 1. The van der Waals surface area contributed by atoms with E-state index in [9.17, 15) is 4.79 Å². The van der Waals surface area contributed by atoms with Gasteiger partial charge < -0.3 is 25.4 Å². The maximum atomic E-state index is 10.4. The molecule has 1 aromatic heterocycles. The van der Waals surface area contributed by atoms with Crippen LogP contribution in [0, 0.1) is 0 Å². The lowest BCUT2D eigenvalue weighted by Crippen LogP contribution is -2.01. The van der Waals surface area contributed by atoms with Gasteiger partial charge in [0, 0.05) is 5.56 Å². The number of aliphatic hydroxyl groups excluding tert-OH is 2. The summed E-state index contributed by atoms with van der Waals surface area (Å²) in [4.78, 5) is 12.5. The fourth-order valence-electron chi connectivity index (χ4n) is 0.927. The summed E-state index contributed by atoms with van der Waals surface area (Å²) in [5.74, 6) is -1.69. The number of carboxylic acid groups (broad SMARTS) is 1. The highest BCUT2D eigenvalue weighted by Crippen LogP contribution is 2.24. The third-order valence-corrected chi connectivity index (χ3v) is 1.59. The largest absolute Gasteiger partial charge is 0.494 e. The zero-order valence-electron chi connectivity index (χ0n) is 6.56. The van der Waals surface area contributed by atoms with Crippen LogP contribution in [0.4, 0.5) is 0 Å². The number of aromatic hydroxyl groups is 1. The van der Waals surface area contributed by atoms with Crippen molar-refractivity contribution in [3.63, 3.8) is 0 Å². The smallest absolute Gasteiger partial charge is 0.352 e. The number of hydrogen-bond acceptors (Lipinski definition) is 4. The fourth-order valence-corrected chi connectivity index (χ4v) is 0.927. The van der Waals surface area contributed by atoms with Crippen LogP contribution >= 0.6 is 0 Å². The summed E-state index contributed by atoms with van der Waals surface area (Å²) < 4.78 is 0. The van der Waals surface area contributed by atoms with Gasteiger partial charge in [0.1, 0.15) is 11.8 Å². The van der Waals surface area contributed by atoms with E-state index in [1.807, 2.05) is 0 Å². The van der Waals surface area contributed by atoms with Crippen LogP contribution in [-0.2, 0) is 0 Å². The van der Waals surface area contributed by atoms with E-state index >= 15 is 0 Å². The molecule has 0 aliphatic heterocycles. The number of rotatable bonds is 3. The Morgan fingerprint density at radius 1 is 1.62 bits per heavy atom. The van der Waals surface area contributed by atoms with Crippen molar-refractivity contribution in [2.24, 2.45) is 0 Å². The maximum absolute atomic E-state index is 10.4. The van der Waals surface area contributed by atoms with Gasteiger partial charge in [0.25, 0.3) is 0 Å². The Morgan fingerprint density at radius 2 is 2.23 bits per heavy atom. The molecule has 1 atom stereocenters. The first-order chi connectivity index (χ1) is 6.06. The minimum atomic E-state index is -1.27. The summed E-state index contributed by atoms with van der Waals surface area (Å²) in [6.45, 7) is -0.579. The number of carbonyl (C=O) groups is 1. The minimum Gasteiger partial charge on any atom is -0.494 e. The number of nitrogens with one attached hydrogen (secondary N) is 1. The summed E-state index contributed by atoms with van der Waals surface area (Å²) in [6, 6.07) is 1.07. The van der Waals surface area contributed by atoms with Gasteiger partial charge in [-0.05, 0) is 6.07 Å². The van der Waals surface area contributed by atoms with Gasteiger partial charge in [-0.25, -0.2) is 4.79 Å². The number of aromatic nitrogens is 1. The molecule has 0 spiro atoms. The first-order valence-corrected chi connectivity index (χ1v) is 3.50. The van der Waals surface area contributed by atoms with E-state index in [1.165, 1.54) is 0 Å². The highest BCUT2D eigenvalue weighted by Gasteiger charge is 2.17. The lowest BCUT2D eigenvalue weighted by Gasteiger charge is -2.03. The van der Waals surface area contributed by atoms with Gasteiger partial charge in [0.2, 0.25) is 0 Å². The Labute approximate surface area is 73.1 Å². The van der Waals surface area contributed by atoms with Crippen molar-refractivity contribution in [1.82, 2.24) is 4.98 Å². The van der Waals surface area contributed by atoms with Crippen molar-refractivity contribution >= 4 is 5.97 Å². The van der Waals surface area contributed by atoms with Gasteiger partial charge in [-0.2, -0.15) is 0 Å². The molecular weight excluding hydrogens is 178 g/mol. The van der Waals surface area contributed by atoms with E-state index in [2.05, 4.69) is 4.98 Å². The molecule has 6 heteroatoms. The quantitative estimate of drug-likeness (QED) is 0.435. The molecule has 13 heavy (non-hydrogen) atoms. The molecule has 5 N–H and O–H groups in total. The standard InChI is InChI=1S/C7H9NO5/c9-2-5(10)3-1-4(7(12)13)8-6(3)11/h1,5,8-11H,2H2,(H,12,13). The molecule has 0 aliphatic carbocycles. The lowest BCUT2D eigenvalue weighted by molar-refractivity contribution is 0.0690. The lowest BCUT2D eigenvalue weighted by atomic mass is 10.2. The van der Waals surface area contributed by atoms with Crippen molar-refractivity contribution in [1.29, 1.82) is 0 Å². The van der Waals surface area contributed by atoms with Crippen LogP contribution in [-0.4, -0.2) is 38.0 Å². The van der Waals surface area contributed by atoms with E-state index in [0.717, 1.165) is 6.07 Å². The first kappa shape index (κ1) is 9.56. The second-order valence-electron chi connectivity index (χ2n) is 2.49. The molecule has 0 aliphatic rings. The van der Waals surface area contributed by atoms with E-state index in [1.54, 1.807) is 0 Å².